The van der Waals surface area contributed by atoms with Crippen molar-refractivity contribution in [2.75, 3.05) is 52.9 Å². The first-order valence-electron chi connectivity index (χ1n) is 46.0. The highest BCUT2D eigenvalue weighted by Gasteiger charge is 2.37. The lowest BCUT2D eigenvalue weighted by molar-refractivity contribution is -0.140. The van der Waals surface area contributed by atoms with Crippen LogP contribution in [0.1, 0.15) is 72.1 Å². The molecule has 50 nitrogen and oxygen atoms in total. The molecule has 50 heteroatoms. The number of primary amides is 1. The van der Waals surface area contributed by atoms with Gasteiger partial charge in [-0.25, -0.2) is 29.1 Å². The maximum atomic E-state index is 15.8. The van der Waals surface area contributed by atoms with Gasteiger partial charge in [0.15, 0.2) is 11.9 Å². The number of likely N-dealkylation sites (N-methyl/N-ethyl adjacent to an activating group) is 1. The van der Waals surface area contributed by atoms with E-state index in [-0.39, 0.29) is 95.9 Å². The number of H-pyrrole nitrogens is 4. The van der Waals surface area contributed by atoms with E-state index in [0.717, 1.165) is 23.9 Å². The van der Waals surface area contributed by atoms with E-state index < -0.39 is 229 Å². The molecule has 0 unspecified atom stereocenters. The number of benzene rings is 7. The fourth-order valence-electron chi connectivity index (χ4n) is 16.3. The molecule has 146 heavy (non-hydrogen) atoms. The molecule has 758 valence electrons. The van der Waals surface area contributed by atoms with Crippen LogP contribution in [0.4, 0.5) is 0 Å². The van der Waals surface area contributed by atoms with E-state index in [1.54, 1.807) is 84.9 Å². The lowest BCUT2D eigenvalue weighted by Gasteiger charge is -2.28. The van der Waals surface area contributed by atoms with E-state index in [9.17, 15) is 81.5 Å². The second kappa shape index (κ2) is 48.3. The molecule has 0 bridgehead atoms. The average molecular weight is 2000 g/mol. The van der Waals surface area contributed by atoms with E-state index >= 15 is 19.2 Å². The molecule has 13 aromatic rings. The maximum absolute atomic E-state index is 15.8. The van der Waals surface area contributed by atoms with E-state index in [1.807, 2.05) is 17.1 Å². The number of fused-ring (bicyclic) bond motifs is 7. The number of rotatable bonds is 46. The molecule has 0 fully saturated rings. The van der Waals surface area contributed by atoms with Crippen molar-refractivity contribution in [1.82, 2.24) is 122 Å². The summed E-state index contributed by atoms with van der Waals surface area (Å²) in [5, 5.41) is 49.6. The largest absolute Gasteiger partial charge is 0.370 e. The van der Waals surface area contributed by atoms with Gasteiger partial charge in [0, 0.05) is 73.5 Å². The monoisotopic (exact) mass is 2000 g/mol. The Kier molecular flexibility index (Phi) is 34.5. The van der Waals surface area contributed by atoms with Crippen LogP contribution in [0.3, 0.4) is 0 Å². The van der Waals surface area contributed by atoms with Crippen LogP contribution in [0, 0.1) is 10.8 Å². The van der Waals surface area contributed by atoms with Crippen molar-refractivity contribution in [1.29, 1.82) is 10.8 Å². The standard InChI is InChI=1S/C96H103N29O21/c1-121(90(142)71(46-122-43-38-73(127)120-93(122)143)116-81(133)67(36-19-41-105-92(100)101)111-75(129)45-107-86(138)78-53-22-4-11-29-60(53)109-61-30-12-5-23-54(61)78)50-76(130)112-68(47-123-87(139)55-24-6-13-31-62(55)117-94(123)144)82(134)114-70(49-125-89(141)57-26-8-15-33-64(57)119-96(125)146)84(136)115-69(48-124-88(140)56-25-7-14-32-63(56)118-95(124)145)83(135)113-66(35-18-40-104-91(98)99)80(132)103-42-37-72(126)106-44-74(128)110-65(79(97)131)34-16-17-39-102-85(137)77-51-20-2-9-27-58(51)108-59-28-10-3-21-52(59)77/h2-15,20-33,38,43,65-71H,16-19,34-37,39-42,44-50H2,1H3,(H2,97,131)(H,102,137)(H,103,132)(H,106,126)(H,107,138)(H,110,128)(H,111,129)(H,112,130)(H,113,135)(H,114,134)(H,115,136)(H,116,133)(H,117,144)(H,118,145)(H,119,146)(H4,98,99,104)(H4,100,101,105)(H,120,127,143)/t65-,66-,67-,68+,69+,70+,71+/m0/s1. The fraction of sp³-hybridized carbons (Fsp3) is 0.281. The van der Waals surface area contributed by atoms with Crippen LogP contribution in [0.25, 0.3) is 76.3 Å². The molecule has 13 amide bonds. The number of hydrogen-bond donors (Lipinski definition) is 22. The summed E-state index contributed by atoms with van der Waals surface area (Å²) in [6.07, 6.45) is 0.389. The summed E-state index contributed by atoms with van der Waals surface area (Å²) in [5.41, 5.74) is 10.6. The molecule has 0 radical (unpaired) electrons. The van der Waals surface area contributed by atoms with Crippen molar-refractivity contribution >= 4 is 165 Å². The summed E-state index contributed by atoms with van der Waals surface area (Å²) in [5.74, 6) is -14.8. The number of nitrogens with one attached hydrogen (secondary N) is 19. The van der Waals surface area contributed by atoms with Gasteiger partial charge >= 0.3 is 22.8 Å². The van der Waals surface area contributed by atoms with E-state index in [1.165, 1.54) is 72.8 Å². The molecule has 0 saturated heterocycles. The van der Waals surface area contributed by atoms with Crippen LogP contribution in [-0.2, 0) is 78.9 Å². The molecule has 7 atom stereocenters. The maximum Gasteiger partial charge on any atom is 0.328 e. The van der Waals surface area contributed by atoms with Crippen molar-refractivity contribution < 1.29 is 62.3 Å². The molecule has 6 aromatic heterocycles. The molecule has 0 aliphatic rings. The Bertz CT molecular complexity index is 7730. The first kappa shape index (κ1) is 104. The predicted molar refractivity (Wildman–Crippen MR) is 534 cm³/mol. The summed E-state index contributed by atoms with van der Waals surface area (Å²) in [7, 11) is 1.00. The Morgan fingerprint density at radius 3 is 1.13 bits per heavy atom. The molecule has 13 rings (SSSR count). The summed E-state index contributed by atoms with van der Waals surface area (Å²) in [6.45, 7) is -7.52. The van der Waals surface area contributed by atoms with Crippen molar-refractivity contribution in [3.8, 4) is 0 Å². The molecule has 7 aromatic carbocycles. The Morgan fingerprint density at radius 2 is 0.699 bits per heavy atom. The number of aromatic amines is 4. The van der Waals surface area contributed by atoms with Gasteiger partial charge in [-0.1, -0.05) is 109 Å². The Hall–Kier alpha value is -19.0. The Balaban J connectivity index is 0.741. The molecular weight excluding hydrogens is 1900 g/mol. The fourth-order valence-corrected chi connectivity index (χ4v) is 16.3. The van der Waals surface area contributed by atoms with E-state index in [0.29, 0.717) is 80.6 Å². The lowest BCUT2D eigenvalue weighted by atomic mass is 10.0. The van der Waals surface area contributed by atoms with E-state index in [2.05, 4.69) is 94.0 Å². The van der Waals surface area contributed by atoms with Crippen LogP contribution in [-0.4, -0.2) is 237 Å². The zero-order chi connectivity index (χ0) is 105. The van der Waals surface area contributed by atoms with Gasteiger partial charge in [-0.3, -0.25) is 116 Å². The normalized spacial score (nSPS) is 12.6. The Morgan fingerprint density at radius 1 is 0.342 bits per heavy atom. The van der Waals surface area contributed by atoms with Gasteiger partial charge in [-0.2, -0.15) is 0 Å². The zero-order valence-electron chi connectivity index (χ0n) is 78.2. The van der Waals surface area contributed by atoms with Gasteiger partial charge in [0.25, 0.3) is 34.1 Å². The van der Waals surface area contributed by atoms with Crippen molar-refractivity contribution in [3.05, 3.63) is 277 Å². The second-order valence-electron chi connectivity index (χ2n) is 33.9. The van der Waals surface area contributed by atoms with Gasteiger partial charge in [-0.05, 0) is 106 Å². The summed E-state index contributed by atoms with van der Waals surface area (Å²) >= 11 is 0. The first-order chi connectivity index (χ1) is 70.0. The van der Waals surface area contributed by atoms with Crippen LogP contribution in [0.2, 0.25) is 0 Å². The number of hydrogen-bond acceptors (Lipinski definition) is 25. The minimum Gasteiger partial charge on any atom is -0.370 e. The van der Waals surface area contributed by atoms with E-state index in [4.69, 9.17) is 28.0 Å². The molecule has 0 spiro atoms. The quantitative estimate of drug-likeness (QED) is 0.00741. The van der Waals surface area contributed by atoms with Gasteiger partial charge in [0.2, 0.25) is 65.0 Å². The predicted octanol–water partition coefficient (Wildman–Crippen LogP) is -4.43. The van der Waals surface area contributed by atoms with Gasteiger partial charge in [0.05, 0.1) is 112 Å². The molecule has 0 saturated carbocycles. The second-order valence-corrected chi connectivity index (χ2v) is 33.9. The third-order valence-electron chi connectivity index (χ3n) is 23.6. The number of nitrogens with zero attached hydrogens (tertiary/aromatic N) is 7. The highest BCUT2D eigenvalue weighted by atomic mass is 16.2. The van der Waals surface area contributed by atoms with Crippen LogP contribution in [0.5, 0.6) is 0 Å². The zero-order valence-corrected chi connectivity index (χ0v) is 78.2. The first-order valence-corrected chi connectivity index (χ1v) is 46.0. The number of unbranched alkanes of at least 4 members (excludes halogenated alkanes) is 1. The number of para-hydroxylation sites is 7. The minimum absolute atomic E-state index is 0.00479. The smallest absolute Gasteiger partial charge is 0.328 e. The number of pyridine rings is 2. The van der Waals surface area contributed by atoms with Crippen molar-refractivity contribution in [2.24, 2.45) is 17.2 Å². The molecular formula is C96H103N29O21. The topological polar surface area (TPSA) is 753 Å². The average Bonchev–Trinajstić information content (AvgIpc) is 0.770. The third kappa shape index (κ3) is 26.6. The molecule has 0 aliphatic carbocycles. The SMILES string of the molecule is CN(CC(=O)N[C@H](Cn1c(=O)[nH]c2ccccc2c1=O)C(=O)N[C@H](Cn1c(=O)[nH]c2ccccc2c1=O)C(=O)N[C@H](Cn1c(=O)[nH]c2ccccc2c1=O)C(=O)N[C@@H](CCCNC(=N)N)C(=O)NCCC(=O)NCC(=O)N[C@@H](CCCCNC(=O)c1c2ccccc2nc2ccccc12)C(N)=O)C(=O)[C@@H](Cn1ccc(=O)[nH]c1=O)NC(=O)[C@H](CCCNC(=N)N)NC(=O)CNC(=O)c1c2ccccc2nc2ccccc12. The van der Waals surface area contributed by atoms with Crippen molar-refractivity contribution in [2.45, 2.75) is 120 Å². The van der Waals surface area contributed by atoms with Gasteiger partial charge in [0.1, 0.15) is 42.3 Å². The van der Waals surface area contributed by atoms with Crippen molar-refractivity contribution in [3.63, 3.8) is 0 Å². The van der Waals surface area contributed by atoms with Gasteiger partial charge in [-0.15, -0.1) is 0 Å². The van der Waals surface area contributed by atoms with Crippen LogP contribution >= 0.6 is 0 Å². The highest BCUT2D eigenvalue weighted by molar-refractivity contribution is 6.18. The number of amides is 13. The molecule has 0 aliphatic heterocycles. The number of nitrogens with two attached hydrogens (primary N) is 3. The lowest BCUT2D eigenvalue weighted by Crippen LogP contribution is -2.62. The summed E-state index contributed by atoms with van der Waals surface area (Å²) in [6, 6.07) is 32.0. The molecule has 25 N–H and O–H groups in total. The molecule has 6 heterocycles. The van der Waals surface area contributed by atoms with Crippen LogP contribution < -0.4 is 131 Å². The summed E-state index contributed by atoms with van der Waals surface area (Å²) < 4.78 is 2.17. The number of guanidine groups is 2. The number of carbonyl (C=O) groups excluding carboxylic acids is 13. The number of aromatic nitrogens is 10. The third-order valence-corrected chi connectivity index (χ3v) is 23.6. The van der Waals surface area contributed by atoms with Gasteiger partial charge < -0.3 is 106 Å². The highest BCUT2D eigenvalue weighted by Crippen LogP contribution is 2.28. The summed E-state index contributed by atoms with van der Waals surface area (Å²) in [4.78, 5) is 319. The van der Waals surface area contributed by atoms with Crippen LogP contribution in [0.15, 0.2) is 220 Å². The number of carbonyl (C=O) groups is 13. The minimum atomic E-state index is -2.41. The Labute approximate surface area is 823 Å².